The molecule has 24 heavy (non-hydrogen) atoms. The number of thioether (sulfide) groups is 1. The van der Waals surface area contributed by atoms with E-state index in [0.29, 0.717) is 28.3 Å². The van der Waals surface area contributed by atoms with E-state index in [1.807, 2.05) is 0 Å². The lowest BCUT2D eigenvalue weighted by atomic mass is 10.1. The first kappa shape index (κ1) is 18.7. The Morgan fingerprint density at radius 1 is 1.08 bits per heavy atom. The number of halogens is 1. The molecule has 0 spiro atoms. The summed E-state index contributed by atoms with van der Waals surface area (Å²) in [5.41, 5.74) is 0.847. The Hall–Kier alpha value is -1.66. The highest BCUT2D eigenvalue weighted by Crippen LogP contribution is 2.36. The van der Waals surface area contributed by atoms with Crippen molar-refractivity contribution in [2.45, 2.75) is 32.6 Å². The van der Waals surface area contributed by atoms with Crippen molar-refractivity contribution < 1.29 is 19.1 Å². The number of hydrogen-bond donors (Lipinski definition) is 1. The van der Waals surface area contributed by atoms with Gasteiger partial charge in [-0.2, -0.15) is 0 Å². The molecule has 0 saturated carbocycles. The van der Waals surface area contributed by atoms with Crippen LogP contribution in [-0.2, 0) is 9.59 Å². The Balaban J connectivity index is 2.24. The van der Waals surface area contributed by atoms with Gasteiger partial charge in [0.2, 0.25) is 0 Å². The van der Waals surface area contributed by atoms with Crippen molar-refractivity contribution in [3.8, 4) is 0 Å². The Morgan fingerprint density at radius 3 is 2.42 bits per heavy atom. The fraction of sp³-hybridized carbons (Fsp3) is 0.444. The van der Waals surface area contributed by atoms with Crippen molar-refractivity contribution in [2.75, 3.05) is 18.9 Å². The lowest BCUT2D eigenvalue weighted by Gasteiger charge is -2.14. The van der Waals surface area contributed by atoms with Gasteiger partial charge in [0.1, 0.15) is 5.82 Å². The summed E-state index contributed by atoms with van der Waals surface area (Å²) in [4.78, 5) is 26.9. The highest BCUT2D eigenvalue weighted by Gasteiger charge is 2.38. The first-order chi connectivity index (χ1) is 11.6. The van der Waals surface area contributed by atoms with Gasteiger partial charge in [0.05, 0.1) is 17.1 Å². The molecule has 1 N–H and O–H groups in total. The van der Waals surface area contributed by atoms with Gasteiger partial charge in [-0.25, -0.2) is 4.39 Å². The zero-order valence-electron chi connectivity index (χ0n) is 13.8. The second kappa shape index (κ2) is 8.99. The van der Waals surface area contributed by atoms with Crippen molar-refractivity contribution in [2.24, 2.45) is 0 Å². The zero-order chi connectivity index (χ0) is 17.5. The van der Waals surface area contributed by atoms with Crippen LogP contribution >= 0.6 is 11.8 Å². The number of amides is 2. The number of aliphatic hydroxyl groups excluding tert-OH is 1. The van der Waals surface area contributed by atoms with Gasteiger partial charge >= 0.3 is 0 Å². The summed E-state index contributed by atoms with van der Waals surface area (Å²) in [7, 11) is 0. The molecule has 0 aliphatic carbocycles. The molecule has 1 aliphatic heterocycles. The maximum Gasteiger partial charge on any atom is 0.267 e. The molecule has 0 atom stereocenters. The van der Waals surface area contributed by atoms with E-state index in [4.69, 9.17) is 5.11 Å². The molecule has 1 heterocycles. The van der Waals surface area contributed by atoms with Gasteiger partial charge in [-0.15, -0.1) is 11.8 Å². The second-order valence-corrected chi connectivity index (χ2v) is 6.71. The number of nitrogens with zero attached hydrogens (tertiary/aromatic N) is 1. The van der Waals surface area contributed by atoms with Gasteiger partial charge in [-0.05, 0) is 24.1 Å². The molecule has 2 rings (SSSR count). The smallest absolute Gasteiger partial charge is 0.267 e. The number of carbonyl (C=O) groups is 2. The molecule has 130 valence electrons. The van der Waals surface area contributed by atoms with E-state index in [-0.39, 0.29) is 18.4 Å². The van der Waals surface area contributed by atoms with Crippen LogP contribution < -0.4 is 0 Å². The maximum absolute atomic E-state index is 13.1. The molecule has 0 fully saturated rings. The molecule has 6 heteroatoms. The number of unbranched alkanes of at least 4 members (excludes halogenated alkanes) is 3. The average molecular weight is 351 g/mol. The van der Waals surface area contributed by atoms with E-state index in [1.165, 1.54) is 40.9 Å². The van der Waals surface area contributed by atoms with Gasteiger partial charge in [-0.3, -0.25) is 14.5 Å². The summed E-state index contributed by atoms with van der Waals surface area (Å²) in [6.07, 6.45) is 3.90. The predicted molar refractivity (Wildman–Crippen MR) is 93.7 cm³/mol. The molecule has 4 nitrogen and oxygen atoms in total. The van der Waals surface area contributed by atoms with Crippen LogP contribution in [0.1, 0.15) is 38.2 Å². The predicted octanol–water partition coefficient (Wildman–Crippen LogP) is 3.21. The highest BCUT2D eigenvalue weighted by atomic mass is 32.2. The van der Waals surface area contributed by atoms with Crippen LogP contribution in [0.3, 0.4) is 0 Å². The first-order valence-corrected chi connectivity index (χ1v) is 9.18. The van der Waals surface area contributed by atoms with E-state index in [1.54, 1.807) is 0 Å². The van der Waals surface area contributed by atoms with Gasteiger partial charge in [0.15, 0.2) is 0 Å². The van der Waals surface area contributed by atoms with Crippen molar-refractivity contribution in [1.29, 1.82) is 0 Å². The van der Waals surface area contributed by atoms with Crippen LogP contribution in [0.4, 0.5) is 4.39 Å². The fourth-order valence-electron chi connectivity index (χ4n) is 2.61. The third-order valence-electron chi connectivity index (χ3n) is 3.83. The van der Waals surface area contributed by atoms with Crippen LogP contribution in [-0.4, -0.2) is 40.7 Å². The lowest BCUT2D eigenvalue weighted by molar-refractivity contribution is -0.136. The van der Waals surface area contributed by atoms with Crippen molar-refractivity contribution in [3.63, 3.8) is 0 Å². The molecule has 0 bridgehead atoms. The number of carbonyl (C=O) groups excluding carboxylic acids is 2. The van der Waals surface area contributed by atoms with E-state index in [0.717, 1.165) is 25.7 Å². The molecular formula is C18H22FNO3S. The van der Waals surface area contributed by atoms with Gasteiger partial charge in [0, 0.05) is 12.3 Å². The standard InChI is InChI=1S/C18H22FNO3S/c1-2-3-4-5-10-20-17(22)15(13-6-8-14(19)9-7-13)16(18(20)23)24-12-11-21/h6-9,21H,2-5,10-12H2,1H3. The minimum atomic E-state index is -0.392. The monoisotopic (exact) mass is 351 g/mol. The van der Waals surface area contributed by atoms with Crippen molar-refractivity contribution in [1.82, 2.24) is 4.90 Å². The summed E-state index contributed by atoms with van der Waals surface area (Å²) in [5, 5.41) is 9.04. The molecule has 2 amide bonds. The maximum atomic E-state index is 13.1. The van der Waals surface area contributed by atoms with Crippen molar-refractivity contribution >= 4 is 29.1 Å². The zero-order valence-corrected chi connectivity index (χ0v) is 14.6. The Kier molecular flexibility index (Phi) is 6.99. The Morgan fingerprint density at radius 2 is 1.79 bits per heavy atom. The third-order valence-corrected chi connectivity index (χ3v) is 4.89. The number of aliphatic hydroxyl groups is 1. The minimum Gasteiger partial charge on any atom is -0.396 e. The van der Waals surface area contributed by atoms with Gasteiger partial charge < -0.3 is 5.11 Å². The normalized spacial score (nSPS) is 14.9. The SMILES string of the molecule is CCCCCCN1C(=O)C(SCCO)=C(c2ccc(F)cc2)C1=O. The third kappa shape index (κ3) is 4.24. The number of hydrogen-bond acceptors (Lipinski definition) is 4. The summed E-state index contributed by atoms with van der Waals surface area (Å²) in [6.45, 7) is 2.42. The van der Waals surface area contributed by atoms with Gasteiger partial charge in [-0.1, -0.05) is 38.3 Å². The number of rotatable bonds is 9. The second-order valence-electron chi connectivity index (χ2n) is 5.61. The summed E-state index contributed by atoms with van der Waals surface area (Å²) in [5.74, 6) is -0.696. The summed E-state index contributed by atoms with van der Waals surface area (Å²) in [6, 6.07) is 5.57. The van der Waals surface area contributed by atoms with Gasteiger partial charge in [0.25, 0.3) is 11.8 Å². The quantitative estimate of drug-likeness (QED) is 0.548. The van der Waals surface area contributed by atoms with E-state index >= 15 is 0 Å². The van der Waals surface area contributed by atoms with Crippen LogP contribution in [0.2, 0.25) is 0 Å². The Bertz CT molecular complexity index is 628. The first-order valence-electron chi connectivity index (χ1n) is 8.20. The van der Waals surface area contributed by atoms with E-state index in [2.05, 4.69) is 6.92 Å². The molecule has 1 aromatic rings. The molecule has 0 saturated heterocycles. The summed E-state index contributed by atoms with van der Waals surface area (Å²) >= 11 is 1.17. The largest absolute Gasteiger partial charge is 0.396 e. The Labute approximate surface area is 145 Å². The molecule has 0 radical (unpaired) electrons. The molecule has 0 aromatic heterocycles. The van der Waals surface area contributed by atoms with Crippen molar-refractivity contribution in [3.05, 3.63) is 40.6 Å². The fourth-order valence-corrected chi connectivity index (χ4v) is 3.48. The van der Waals surface area contributed by atoms with Crippen LogP contribution in [0.25, 0.3) is 5.57 Å². The lowest BCUT2D eigenvalue weighted by Crippen LogP contribution is -2.32. The average Bonchev–Trinajstić information content (AvgIpc) is 2.81. The number of benzene rings is 1. The topological polar surface area (TPSA) is 57.6 Å². The van der Waals surface area contributed by atoms with Crippen LogP contribution in [0, 0.1) is 5.82 Å². The highest BCUT2D eigenvalue weighted by molar-refractivity contribution is 8.04. The molecule has 1 aromatic carbocycles. The molecular weight excluding hydrogens is 329 g/mol. The molecule has 1 aliphatic rings. The molecule has 0 unspecified atom stereocenters. The van der Waals surface area contributed by atoms with E-state index < -0.39 is 5.82 Å². The number of imide groups is 1. The summed E-state index contributed by atoms with van der Waals surface area (Å²) < 4.78 is 13.1. The van der Waals surface area contributed by atoms with Crippen LogP contribution in [0.15, 0.2) is 29.2 Å². The minimum absolute atomic E-state index is 0.0805. The van der Waals surface area contributed by atoms with Crippen LogP contribution in [0.5, 0.6) is 0 Å². The van der Waals surface area contributed by atoms with E-state index in [9.17, 15) is 14.0 Å².